The van der Waals surface area contributed by atoms with E-state index in [2.05, 4.69) is 16.6 Å². The predicted octanol–water partition coefficient (Wildman–Crippen LogP) is 0.755. The standard InChI is InChI=1S/C9H13NO3/c1-6(5-7(2)11)10-8(3)9(12)13-4/h5,10H,3H2,1-2,4H3/b6-5+. The van der Waals surface area contributed by atoms with Crippen molar-refractivity contribution in [2.45, 2.75) is 13.8 Å². The van der Waals surface area contributed by atoms with Crippen LogP contribution in [0.2, 0.25) is 0 Å². The van der Waals surface area contributed by atoms with Crippen LogP contribution in [0.4, 0.5) is 0 Å². The molecule has 4 nitrogen and oxygen atoms in total. The van der Waals surface area contributed by atoms with Gasteiger partial charge in [-0.1, -0.05) is 6.58 Å². The third-order valence-electron chi connectivity index (χ3n) is 1.20. The zero-order chi connectivity index (χ0) is 10.4. The fraction of sp³-hybridized carbons (Fsp3) is 0.333. The lowest BCUT2D eigenvalue weighted by Crippen LogP contribution is -2.19. The van der Waals surface area contributed by atoms with Crippen LogP contribution in [0.25, 0.3) is 0 Å². The molecule has 0 saturated heterocycles. The third kappa shape index (κ3) is 4.79. The fourth-order valence-corrected chi connectivity index (χ4v) is 0.753. The molecule has 0 fully saturated rings. The molecule has 0 spiro atoms. The van der Waals surface area contributed by atoms with Crippen molar-refractivity contribution in [1.82, 2.24) is 5.32 Å². The lowest BCUT2D eigenvalue weighted by molar-refractivity contribution is -0.136. The van der Waals surface area contributed by atoms with E-state index in [1.54, 1.807) is 6.92 Å². The molecule has 0 amide bonds. The van der Waals surface area contributed by atoms with Crippen LogP contribution in [0.1, 0.15) is 13.8 Å². The van der Waals surface area contributed by atoms with Crippen LogP contribution in [0.15, 0.2) is 24.0 Å². The maximum absolute atomic E-state index is 10.8. The van der Waals surface area contributed by atoms with Crippen LogP contribution in [0.5, 0.6) is 0 Å². The molecular formula is C9H13NO3. The van der Waals surface area contributed by atoms with Gasteiger partial charge in [-0.05, 0) is 19.9 Å². The highest BCUT2D eigenvalue weighted by atomic mass is 16.5. The Morgan fingerprint density at radius 1 is 1.38 bits per heavy atom. The summed E-state index contributed by atoms with van der Waals surface area (Å²) in [4.78, 5) is 21.4. The van der Waals surface area contributed by atoms with E-state index in [0.717, 1.165) is 0 Å². The van der Waals surface area contributed by atoms with E-state index in [1.165, 1.54) is 20.1 Å². The number of carbonyl (C=O) groups excluding carboxylic acids is 2. The molecule has 13 heavy (non-hydrogen) atoms. The number of rotatable bonds is 4. The van der Waals surface area contributed by atoms with E-state index in [4.69, 9.17) is 0 Å². The van der Waals surface area contributed by atoms with Crippen molar-refractivity contribution >= 4 is 11.8 Å². The van der Waals surface area contributed by atoms with Crippen LogP contribution < -0.4 is 5.32 Å². The number of nitrogens with one attached hydrogen (secondary N) is 1. The fourth-order valence-electron chi connectivity index (χ4n) is 0.753. The molecule has 0 heterocycles. The number of hydrogen-bond acceptors (Lipinski definition) is 4. The molecule has 0 rings (SSSR count). The van der Waals surface area contributed by atoms with Gasteiger partial charge in [-0.2, -0.15) is 0 Å². The van der Waals surface area contributed by atoms with E-state index in [-0.39, 0.29) is 11.5 Å². The van der Waals surface area contributed by atoms with Crippen LogP contribution in [-0.2, 0) is 14.3 Å². The molecule has 0 saturated carbocycles. The Balaban J connectivity index is 4.22. The van der Waals surface area contributed by atoms with Crippen molar-refractivity contribution in [2.24, 2.45) is 0 Å². The molecule has 0 aromatic rings. The van der Waals surface area contributed by atoms with E-state index in [9.17, 15) is 9.59 Å². The van der Waals surface area contributed by atoms with Gasteiger partial charge in [0.1, 0.15) is 5.70 Å². The van der Waals surface area contributed by atoms with E-state index >= 15 is 0 Å². The van der Waals surface area contributed by atoms with Gasteiger partial charge in [-0.3, -0.25) is 4.79 Å². The first-order chi connectivity index (χ1) is 5.97. The number of ether oxygens (including phenoxy) is 1. The number of allylic oxidation sites excluding steroid dienone is 2. The first-order valence-electron chi connectivity index (χ1n) is 3.70. The van der Waals surface area contributed by atoms with Crippen LogP contribution in [0, 0.1) is 0 Å². The molecule has 0 aliphatic carbocycles. The maximum atomic E-state index is 10.8. The van der Waals surface area contributed by atoms with Gasteiger partial charge in [-0.25, -0.2) is 4.79 Å². The minimum Gasteiger partial charge on any atom is -0.464 e. The number of hydrogen-bond donors (Lipinski definition) is 1. The van der Waals surface area contributed by atoms with E-state index in [0.29, 0.717) is 5.70 Å². The smallest absolute Gasteiger partial charge is 0.353 e. The monoisotopic (exact) mass is 183 g/mol. The van der Waals surface area contributed by atoms with Crippen molar-refractivity contribution < 1.29 is 14.3 Å². The number of ketones is 1. The van der Waals surface area contributed by atoms with E-state index < -0.39 is 5.97 Å². The molecule has 0 atom stereocenters. The summed E-state index contributed by atoms with van der Waals surface area (Å²) in [6.07, 6.45) is 1.37. The van der Waals surface area contributed by atoms with Crippen molar-refractivity contribution in [2.75, 3.05) is 7.11 Å². The van der Waals surface area contributed by atoms with Crippen LogP contribution >= 0.6 is 0 Å². The summed E-state index contributed by atoms with van der Waals surface area (Å²) in [5.74, 6) is -0.640. The molecule has 0 aromatic carbocycles. The highest BCUT2D eigenvalue weighted by Gasteiger charge is 2.05. The Morgan fingerprint density at radius 3 is 2.31 bits per heavy atom. The van der Waals surface area contributed by atoms with Crippen LogP contribution in [-0.4, -0.2) is 18.9 Å². The number of carbonyl (C=O) groups is 2. The van der Waals surface area contributed by atoms with E-state index in [1.807, 2.05) is 0 Å². The van der Waals surface area contributed by atoms with Crippen molar-refractivity contribution in [1.29, 1.82) is 0 Å². The SMILES string of the molecule is C=C(N/C(C)=C/C(C)=O)C(=O)OC. The second-order valence-corrected chi connectivity index (χ2v) is 2.53. The lowest BCUT2D eigenvalue weighted by atomic mass is 10.3. The Hall–Kier alpha value is -1.58. The lowest BCUT2D eigenvalue weighted by Gasteiger charge is -2.06. The van der Waals surface area contributed by atoms with Crippen molar-refractivity contribution in [3.63, 3.8) is 0 Å². The second-order valence-electron chi connectivity index (χ2n) is 2.53. The summed E-state index contributed by atoms with van der Waals surface area (Å²) in [5, 5.41) is 2.63. The van der Waals surface area contributed by atoms with Gasteiger partial charge in [0, 0.05) is 5.70 Å². The van der Waals surface area contributed by atoms with Crippen LogP contribution in [0.3, 0.4) is 0 Å². The van der Waals surface area contributed by atoms with Gasteiger partial charge < -0.3 is 10.1 Å². The minimum absolute atomic E-state index is 0.0948. The number of esters is 1. The Kier molecular flexibility index (Phi) is 4.51. The molecule has 0 radical (unpaired) electrons. The molecule has 0 bridgehead atoms. The van der Waals surface area contributed by atoms with Gasteiger partial charge in [0.2, 0.25) is 0 Å². The van der Waals surface area contributed by atoms with Gasteiger partial charge in [-0.15, -0.1) is 0 Å². The molecular weight excluding hydrogens is 170 g/mol. The topological polar surface area (TPSA) is 55.4 Å². The third-order valence-corrected chi connectivity index (χ3v) is 1.20. The van der Waals surface area contributed by atoms with Crippen molar-refractivity contribution in [3.8, 4) is 0 Å². The van der Waals surface area contributed by atoms with Gasteiger partial charge in [0.05, 0.1) is 7.11 Å². The number of methoxy groups -OCH3 is 1. The summed E-state index contributed by atoms with van der Waals surface area (Å²) in [5.41, 5.74) is 0.667. The molecule has 0 aliphatic rings. The summed E-state index contributed by atoms with van der Waals surface area (Å²) in [7, 11) is 1.26. The second kappa shape index (κ2) is 5.13. The first-order valence-corrected chi connectivity index (χ1v) is 3.70. The quantitative estimate of drug-likeness (QED) is 0.516. The Bertz CT molecular complexity index is 266. The zero-order valence-electron chi connectivity index (χ0n) is 8.01. The summed E-state index contributed by atoms with van der Waals surface area (Å²) in [6.45, 7) is 6.52. The molecule has 72 valence electrons. The molecule has 0 aromatic heterocycles. The van der Waals surface area contributed by atoms with Gasteiger partial charge >= 0.3 is 5.97 Å². The minimum atomic E-state index is -0.545. The Labute approximate surface area is 77.3 Å². The molecule has 1 N–H and O–H groups in total. The van der Waals surface area contributed by atoms with Gasteiger partial charge in [0.25, 0.3) is 0 Å². The molecule has 0 aliphatic heterocycles. The average molecular weight is 183 g/mol. The van der Waals surface area contributed by atoms with Gasteiger partial charge in [0.15, 0.2) is 5.78 Å². The zero-order valence-corrected chi connectivity index (χ0v) is 8.01. The predicted molar refractivity (Wildman–Crippen MR) is 48.7 cm³/mol. The summed E-state index contributed by atoms with van der Waals surface area (Å²) >= 11 is 0. The highest BCUT2D eigenvalue weighted by molar-refractivity contribution is 5.89. The molecule has 4 heteroatoms. The van der Waals surface area contributed by atoms with Crippen molar-refractivity contribution in [3.05, 3.63) is 24.0 Å². The summed E-state index contributed by atoms with van der Waals surface area (Å²) < 4.78 is 4.40. The average Bonchev–Trinajstić information content (AvgIpc) is 2.01. The normalized spacial score (nSPS) is 10.5. The Morgan fingerprint density at radius 2 is 1.92 bits per heavy atom. The highest BCUT2D eigenvalue weighted by Crippen LogP contribution is 1.95. The molecule has 0 unspecified atom stereocenters. The maximum Gasteiger partial charge on any atom is 0.353 e. The first kappa shape index (κ1) is 11.4. The largest absolute Gasteiger partial charge is 0.464 e. The summed E-state index contributed by atoms with van der Waals surface area (Å²) in [6, 6.07) is 0.